The van der Waals surface area contributed by atoms with E-state index < -0.39 is 29.5 Å². The van der Waals surface area contributed by atoms with Crippen molar-refractivity contribution in [3.63, 3.8) is 0 Å². The van der Waals surface area contributed by atoms with Crippen LogP contribution in [0.15, 0.2) is 121 Å². The van der Waals surface area contributed by atoms with E-state index in [1.54, 1.807) is 98.6 Å². The summed E-state index contributed by atoms with van der Waals surface area (Å²) >= 11 is 30.2. The minimum atomic E-state index is -1.81. The molecule has 306 valence electrons. The molecule has 58 heavy (non-hydrogen) atoms. The third-order valence-corrected chi connectivity index (χ3v) is 70.2. The topological polar surface area (TPSA) is 125 Å². The summed E-state index contributed by atoms with van der Waals surface area (Å²) < 4.78 is 3.30. The summed E-state index contributed by atoms with van der Waals surface area (Å²) in [5, 5.41) is 34.8. The molecular weight excluding hydrogens is 963 g/mol. The van der Waals surface area contributed by atoms with Crippen molar-refractivity contribution in [2.24, 2.45) is 0 Å². The monoisotopic (exact) mass is 1000 g/mol. The Morgan fingerprint density at radius 2 is 0.897 bits per heavy atom. The third-order valence-electron chi connectivity index (χ3n) is 7.69. The highest BCUT2D eigenvalue weighted by atomic mass is 33.7. The lowest BCUT2D eigenvalue weighted by molar-refractivity contribution is 0.00686. The summed E-state index contributed by atoms with van der Waals surface area (Å²) in [6.07, 6.45) is -0.499. The molecule has 5 aromatic rings. The Bertz CT molecular complexity index is 2390. The second kappa shape index (κ2) is 19.5. The lowest BCUT2D eigenvalue weighted by Gasteiger charge is -2.40. The van der Waals surface area contributed by atoms with Gasteiger partial charge in [0.05, 0.1) is 23.3 Å². The Balaban J connectivity index is 0.000000172. The summed E-state index contributed by atoms with van der Waals surface area (Å²) in [5.41, 5.74) is 1.16. The standard InChI is InChI=1S/C14H13NO3P2S4.C12H10O2P2S4.C12H16O2/c1-15-14(17)18-11-4-8-13(9-5-11)20(22)23-19(21,24-20)12-6-2-10(16)3-7-12;13-9-1-5-11(6-2-9)15(17)19-16(18,20-15)12-7-3-10(14)4-8-12;1-9-7-5-6-8-10(9)11(13)14-12(2,3)4/h2-9,16H,1H3,(H,15,17);1-8,13-14H;5-8H,1-4H3. The average Bonchev–Trinajstić information content (AvgIpc) is 3.14. The molecule has 0 aromatic heterocycles. The van der Waals surface area contributed by atoms with Crippen LogP contribution in [0.1, 0.15) is 36.7 Å². The van der Waals surface area contributed by atoms with Crippen LogP contribution in [-0.4, -0.2) is 40.0 Å². The van der Waals surface area contributed by atoms with E-state index in [1.165, 1.54) is 7.05 Å². The molecule has 2 heterocycles. The van der Waals surface area contributed by atoms with Crippen molar-refractivity contribution < 1.29 is 34.4 Å². The van der Waals surface area contributed by atoms with Gasteiger partial charge < -0.3 is 30.1 Å². The number of ether oxygens (including phenoxy) is 2. The number of phenols is 3. The normalized spacial score (nSPS) is 23.2. The molecule has 20 heteroatoms. The van der Waals surface area contributed by atoms with E-state index in [2.05, 4.69) is 5.32 Å². The molecule has 0 bridgehead atoms. The van der Waals surface area contributed by atoms with Gasteiger partial charge in [-0.1, -0.05) is 109 Å². The predicted octanol–water partition coefficient (Wildman–Crippen LogP) is 11.3. The molecule has 2 aliphatic heterocycles. The van der Waals surface area contributed by atoms with Gasteiger partial charge >= 0.3 is 12.1 Å². The van der Waals surface area contributed by atoms with Crippen LogP contribution in [0.5, 0.6) is 23.0 Å². The zero-order chi connectivity index (χ0) is 42.5. The Hall–Kier alpha value is -1.76. The summed E-state index contributed by atoms with van der Waals surface area (Å²) in [7, 11) is 1.51. The van der Waals surface area contributed by atoms with E-state index >= 15 is 0 Å². The number of rotatable bonds is 6. The minimum absolute atomic E-state index is 0.238. The highest BCUT2D eigenvalue weighted by Crippen LogP contribution is 3.04. The van der Waals surface area contributed by atoms with Crippen LogP contribution < -0.4 is 31.3 Å². The molecule has 2 fully saturated rings. The van der Waals surface area contributed by atoms with Gasteiger partial charge in [-0.15, -0.1) is 0 Å². The maximum absolute atomic E-state index is 11.7. The molecule has 8 nitrogen and oxygen atoms in total. The summed E-state index contributed by atoms with van der Waals surface area (Å²) in [6, 6.07) is 36.1. The van der Waals surface area contributed by atoms with E-state index in [0.717, 1.165) is 26.8 Å². The van der Waals surface area contributed by atoms with Gasteiger partial charge in [0.2, 0.25) is 0 Å². The predicted molar refractivity (Wildman–Crippen MR) is 268 cm³/mol. The Labute approximate surface area is 374 Å². The van der Waals surface area contributed by atoms with E-state index in [1.807, 2.05) is 94.4 Å². The fraction of sp³-hybridized carbons (Fsp3) is 0.158. The van der Waals surface area contributed by atoms with Crippen LogP contribution in [0.2, 0.25) is 0 Å². The summed E-state index contributed by atoms with van der Waals surface area (Å²) in [4.78, 5) is 22.9. The smallest absolute Gasteiger partial charge is 0.412 e. The Kier molecular flexibility index (Phi) is 15.9. The van der Waals surface area contributed by atoms with Gasteiger partial charge in [-0.05, 0) is 136 Å². The second-order valence-corrected chi connectivity index (χ2v) is 55.9. The van der Waals surface area contributed by atoms with Crippen LogP contribution in [-0.2, 0) is 52.0 Å². The lowest BCUT2D eigenvalue weighted by atomic mass is 10.1. The van der Waals surface area contributed by atoms with E-state index in [-0.39, 0.29) is 23.2 Å². The number of phenolic OH excluding ortho intramolecular Hbond substituents is 3. The van der Waals surface area contributed by atoms with Crippen molar-refractivity contribution in [2.75, 3.05) is 7.05 Å². The van der Waals surface area contributed by atoms with E-state index in [0.29, 0.717) is 11.3 Å². The second-order valence-electron chi connectivity index (χ2n) is 13.3. The van der Waals surface area contributed by atoms with Gasteiger partial charge in [-0.3, -0.25) is 0 Å². The van der Waals surface area contributed by atoms with Crippen LogP contribution in [0, 0.1) is 6.92 Å². The SMILES string of the molecule is CNC(=O)Oc1ccc(P2(=S)SP(=S)(c3ccc(O)cc3)S2)cc1.Cc1ccccc1C(=O)OC(C)(C)C.Oc1ccc(P2(=S)SP(=S)(c3ccc(O)cc3)S2)cc1. The van der Waals surface area contributed by atoms with E-state index in [9.17, 15) is 24.9 Å². The van der Waals surface area contributed by atoms with Gasteiger partial charge in [-0.2, -0.15) is 0 Å². The highest BCUT2D eigenvalue weighted by molar-refractivity contribution is 9.48. The number of aromatic hydroxyl groups is 3. The molecule has 0 atom stereocenters. The van der Waals surface area contributed by atoms with Crippen molar-refractivity contribution in [1.82, 2.24) is 5.32 Å². The fourth-order valence-electron chi connectivity index (χ4n) is 4.85. The van der Waals surface area contributed by atoms with Crippen molar-refractivity contribution in [3.05, 3.63) is 132 Å². The molecule has 0 saturated carbocycles. The van der Waals surface area contributed by atoms with Crippen LogP contribution in [0.4, 0.5) is 4.79 Å². The minimum Gasteiger partial charge on any atom is -0.508 e. The number of aryl methyl sites for hydroxylation is 1. The Morgan fingerprint density at radius 3 is 1.21 bits per heavy atom. The first-order valence-electron chi connectivity index (χ1n) is 17.1. The van der Waals surface area contributed by atoms with Crippen molar-refractivity contribution in [3.8, 4) is 23.0 Å². The molecule has 0 unspecified atom stereocenters. The number of amides is 1. The number of hydrogen-bond donors (Lipinski definition) is 4. The number of esters is 1. The van der Waals surface area contributed by atoms with Crippen molar-refractivity contribution >= 4 is 142 Å². The first-order chi connectivity index (χ1) is 27.2. The van der Waals surface area contributed by atoms with Gasteiger partial charge in [-0.25, -0.2) is 9.59 Å². The zero-order valence-electron chi connectivity index (χ0n) is 31.6. The first-order valence-corrected chi connectivity index (χ1v) is 36.4. The molecule has 2 saturated heterocycles. The summed E-state index contributed by atoms with van der Waals surface area (Å²) in [6.45, 7) is 7.49. The maximum atomic E-state index is 11.7. The first kappa shape index (κ1) is 47.3. The van der Waals surface area contributed by atoms with Crippen molar-refractivity contribution in [1.29, 1.82) is 0 Å². The van der Waals surface area contributed by atoms with E-state index in [4.69, 9.17) is 56.7 Å². The average molecular weight is 1000 g/mol. The van der Waals surface area contributed by atoms with Crippen LogP contribution in [0.3, 0.4) is 0 Å². The van der Waals surface area contributed by atoms with Crippen LogP contribution in [0.25, 0.3) is 0 Å². The molecule has 5 aromatic carbocycles. The quantitative estimate of drug-likeness (QED) is 0.0952. The molecule has 7 rings (SSSR count). The zero-order valence-corrected chi connectivity index (χ0v) is 41.7. The molecule has 0 radical (unpaired) electrons. The lowest BCUT2D eigenvalue weighted by Crippen LogP contribution is -2.24. The Morgan fingerprint density at radius 1 is 0.569 bits per heavy atom. The molecule has 2 aliphatic rings. The van der Waals surface area contributed by atoms with Gasteiger partial charge in [0.1, 0.15) is 28.6 Å². The van der Waals surface area contributed by atoms with Gasteiger partial charge in [0.15, 0.2) is 0 Å². The number of benzene rings is 5. The number of hydrogen-bond acceptors (Lipinski definition) is 15. The molecular formula is C38H39NO7P4S8. The molecule has 0 spiro atoms. The highest BCUT2D eigenvalue weighted by Gasteiger charge is 2.47. The fourth-order valence-corrected chi connectivity index (χ4v) is 89.4. The van der Waals surface area contributed by atoms with Gasteiger partial charge in [0, 0.05) is 28.3 Å². The maximum Gasteiger partial charge on any atom is 0.412 e. The molecule has 0 aliphatic carbocycles. The largest absolute Gasteiger partial charge is 0.508 e. The number of carbonyl (C=O) groups is 2. The van der Waals surface area contributed by atoms with Crippen molar-refractivity contribution in [2.45, 2.75) is 33.3 Å². The third kappa shape index (κ3) is 12.2. The van der Waals surface area contributed by atoms with Crippen LogP contribution >= 0.6 is 61.8 Å². The molecule has 4 N–H and O–H groups in total. The number of nitrogens with one attached hydrogen (secondary N) is 1. The molecule has 1 amide bonds. The number of carbonyl (C=O) groups excluding carboxylic acids is 2. The summed E-state index contributed by atoms with van der Waals surface area (Å²) in [5.74, 6) is 0.971. The van der Waals surface area contributed by atoms with Gasteiger partial charge in [0.25, 0.3) is 0 Å².